The minimum absolute atomic E-state index is 0.559. The summed E-state index contributed by atoms with van der Waals surface area (Å²) in [6.45, 7) is 0. The van der Waals surface area contributed by atoms with Crippen LogP contribution >= 0.6 is 0 Å². The first-order valence-corrected chi connectivity index (χ1v) is 5.56. The van der Waals surface area contributed by atoms with Crippen molar-refractivity contribution >= 4 is 0 Å². The van der Waals surface area contributed by atoms with Crippen LogP contribution in [-0.2, 0) is 6.42 Å². The van der Waals surface area contributed by atoms with Crippen LogP contribution in [0.15, 0.2) is 18.2 Å². The van der Waals surface area contributed by atoms with Crippen LogP contribution in [0.3, 0.4) is 0 Å². The van der Waals surface area contributed by atoms with Gasteiger partial charge in [-0.15, -0.1) is 0 Å². The third kappa shape index (κ3) is 1.86. The zero-order chi connectivity index (χ0) is 10.8. The summed E-state index contributed by atoms with van der Waals surface area (Å²) in [5, 5.41) is 0. The predicted octanol–water partition coefficient (Wildman–Crippen LogP) is 2.63. The Morgan fingerprint density at radius 3 is 2.80 bits per heavy atom. The van der Waals surface area contributed by atoms with Gasteiger partial charge in [0.15, 0.2) is 0 Å². The van der Waals surface area contributed by atoms with Gasteiger partial charge in [-0.05, 0) is 50.6 Å². The fourth-order valence-electron chi connectivity index (χ4n) is 2.52. The Morgan fingerprint density at radius 1 is 1.33 bits per heavy atom. The number of rotatable bonds is 2. The minimum atomic E-state index is 0.559. The SMILES string of the molecule is COc1cccc2c1CCC[C@@H]2N(C)C. The van der Waals surface area contributed by atoms with E-state index in [9.17, 15) is 0 Å². The topological polar surface area (TPSA) is 12.5 Å². The first kappa shape index (κ1) is 10.5. The molecule has 0 heterocycles. The molecule has 0 aliphatic heterocycles. The van der Waals surface area contributed by atoms with Crippen LogP contribution < -0.4 is 4.74 Å². The number of nitrogens with zero attached hydrogens (tertiary/aromatic N) is 1. The van der Waals surface area contributed by atoms with E-state index in [1.54, 1.807) is 7.11 Å². The van der Waals surface area contributed by atoms with Gasteiger partial charge in [0.1, 0.15) is 5.75 Å². The molecule has 0 bridgehead atoms. The second-order valence-corrected chi connectivity index (χ2v) is 4.40. The van der Waals surface area contributed by atoms with Gasteiger partial charge in [0, 0.05) is 6.04 Å². The minimum Gasteiger partial charge on any atom is -0.496 e. The van der Waals surface area contributed by atoms with Crippen molar-refractivity contribution in [3.05, 3.63) is 29.3 Å². The lowest BCUT2D eigenvalue weighted by Gasteiger charge is -2.31. The molecule has 15 heavy (non-hydrogen) atoms. The lowest BCUT2D eigenvalue weighted by Crippen LogP contribution is -2.24. The molecule has 0 saturated carbocycles. The zero-order valence-corrected chi connectivity index (χ0v) is 9.79. The van der Waals surface area contributed by atoms with E-state index >= 15 is 0 Å². The molecule has 1 aromatic carbocycles. The molecule has 0 unspecified atom stereocenters. The second kappa shape index (κ2) is 4.23. The molecule has 2 rings (SSSR count). The van der Waals surface area contributed by atoms with Crippen LogP contribution in [0, 0.1) is 0 Å². The molecule has 1 atom stereocenters. The van der Waals surface area contributed by atoms with E-state index in [1.165, 1.54) is 24.0 Å². The summed E-state index contributed by atoms with van der Waals surface area (Å²) in [5.41, 5.74) is 2.86. The Bertz CT molecular complexity index is 346. The molecule has 2 heteroatoms. The molecule has 0 aromatic heterocycles. The maximum atomic E-state index is 5.42. The van der Waals surface area contributed by atoms with Crippen molar-refractivity contribution < 1.29 is 4.74 Å². The Hall–Kier alpha value is -1.02. The smallest absolute Gasteiger partial charge is 0.122 e. The zero-order valence-electron chi connectivity index (χ0n) is 9.79. The van der Waals surface area contributed by atoms with Crippen molar-refractivity contribution in [1.82, 2.24) is 4.90 Å². The molecule has 0 fully saturated rings. The van der Waals surface area contributed by atoms with Gasteiger partial charge in [-0.2, -0.15) is 0 Å². The molecule has 1 aliphatic rings. The molecule has 1 aromatic rings. The highest BCUT2D eigenvalue weighted by Crippen LogP contribution is 2.37. The second-order valence-electron chi connectivity index (χ2n) is 4.40. The number of methoxy groups -OCH3 is 1. The monoisotopic (exact) mass is 205 g/mol. The van der Waals surface area contributed by atoms with Crippen LogP contribution in [-0.4, -0.2) is 26.1 Å². The fraction of sp³-hybridized carbons (Fsp3) is 0.538. The number of fused-ring (bicyclic) bond motifs is 1. The summed E-state index contributed by atoms with van der Waals surface area (Å²) in [6.07, 6.45) is 3.67. The van der Waals surface area contributed by atoms with E-state index in [0.29, 0.717) is 6.04 Å². The summed E-state index contributed by atoms with van der Waals surface area (Å²) in [6, 6.07) is 6.96. The van der Waals surface area contributed by atoms with Gasteiger partial charge < -0.3 is 9.64 Å². The Kier molecular flexibility index (Phi) is 2.96. The molecular weight excluding hydrogens is 186 g/mol. The van der Waals surface area contributed by atoms with Crippen molar-refractivity contribution in [2.24, 2.45) is 0 Å². The summed E-state index contributed by atoms with van der Waals surface area (Å²) < 4.78 is 5.42. The first-order valence-electron chi connectivity index (χ1n) is 5.56. The number of hydrogen-bond donors (Lipinski definition) is 0. The van der Waals surface area contributed by atoms with Crippen LogP contribution in [0.5, 0.6) is 5.75 Å². The summed E-state index contributed by atoms with van der Waals surface area (Å²) in [5.74, 6) is 1.05. The molecular formula is C13H19NO. The summed E-state index contributed by atoms with van der Waals surface area (Å²) >= 11 is 0. The maximum Gasteiger partial charge on any atom is 0.122 e. The summed E-state index contributed by atoms with van der Waals surface area (Å²) in [7, 11) is 6.06. The predicted molar refractivity (Wildman–Crippen MR) is 62.4 cm³/mol. The Morgan fingerprint density at radius 2 is 2.13 bits per heavy atom. The average molecular weight is 205 g/mol. The van der Waals surface area contributed by atoms with Crippen molar-refractivity contribution in [3.8, 4) is 5.75 Å². The lowest BCUT2D eigenvalue weighted by molar-refractivity contribution is 0.266. The van der Waals surface area contributed by atoms with Gasteiger partial charge in [-0.25, -0.2) is 0 Å². The molecule has 0 spiro atoms. The van der Waals surface area contributed by atoms with Gasteiger partial charge in [0.25, 0.3) is 0 Å². The van der Waals surface area contributed by atoms with E-state index in [-0.39, 0.29) is 0 Å². The highest BCUT2D eigenvalue weighted by molar-refractivity contribution is 5.43. The normalized spacial score (nSPS) is 20.1. The molecule has 0 saturated heterocycles. The van der Waals surface area contributed by atoms with Crippen LogP contribution in [0.1, 0.15) is 30.0 Å². The van der Waals surface area contributed by atoms with E-state index < -0.39 is 0 Å². The third-order valence-corrected chi connectivity index (χ3v) is 3.28. The van der Waals surface area contributed by atoms with Crippen LogP contribution in [0.2, 0.25) is 0 Å². The molecule has 2 nitrogen and oxygen atoms in total. The molecule has 82 valence electrons. The van der Waals surface area contributed by atoms with Crippen molar-refractivity contribution in [2.75, 3.05) is 21.2 Å². The Labute approximate surface area is 91.9 Å². The van der Waals surface area contributed by atoms with Gasteiger partial charge in [0.05, 0.1) is 7.11 Å². The Balaban J connectivity index is 2.44. The van der Waals surface area contributed by atoms with E-state index in [1.807, 2.05) is 0 Å². The average Bonchev–Trinajstić information content (AvgIpc) is 2.27. The highest BCUT2D eigenvalue weighted by atomic mass is 16.5. The number of ether oxygens (including phenoxy) is 1. The van der Waals surface area contributed by atoms with Crippen LogP contribution in [0.4, 0.5) is 0 Å². The fourth-order valence-corrected chi connectivity index (χ4v) is 2.52. The molecule has 0 amide bonds. The standard InChI is InChI=1S/C13H19NO/c1-14(2)12-8-4-7-11-10(12)6-5-9-13(11)15-3/h5-6,9,12H,4,7-8H2,1-3H3/t12-/m0/s1. The van der Waals surface area contributed by atoms with Gasteiger partial charge in [-0.3, -0.25) is 0 Å². The van der Waals surface area contributed by atoms with Gasteiger partial charge in [0.2, 0.25) is 0 Å². The number of benzene rings is 1. The quantitative estimate of drug-likeness (QED) is 0.736. The maximum absolute atomic E-state index is 5.42. The van der Waals surface area contributed by atoms with E-state index in [2.05, 4.69) is 37.2 Å². The summed E-state index contributed by atoms with van der Waals surface area (Å²) in [4.78, 5) is 2.30. The van der Waals surface area contributed by atoms with Crippen molar-refractivity contribution in [1.29, 1.82) is 0 Å². The number of hydrogen-bond acceptors (Lipinski definition) is 2. The van der Waals surface area contributed by atoms with E-state index in [4.69, 9.17) is 4.74 Å². The van der Waals surface area contributed by atoms with Crippen LogP contribution in [0.25, 0.3) is 0 Å². The van der Waals surface area contributed by atoms with E-state index in [0.717, 1.165) is 12.2 Å². The van der Waals surface area contributed by atoms with Crippen molar-refractivity contribution in [3.63, 3.8) is 0 Å². The third-order valence-electron chi connectivity index (χ3n) is 3.28. The molecule has 1 aliphatic carbocycles. The van der Waals surface area contributed by atoms with Crippen molar-refractivity contribution in [2.45, 2.75) is 25.3 Å². The first-order chi connectivity index (χ1) is 7.24. The molecule has 0 radical (unpaired) electrons. The van der Waals surface area contributed by atoms with Gasteiger partial charge in [-0.1, -0.05) is 12.1 Å². The van der Waals surface area contributed by atoms with Gasteiger partial charge >= 0.3 is 0 Å². The lowest BCUT2D eigenvalue weighted by atomic mass is 9.86. The molecule has 0 N–H and O–H groups in total. The largest absolute Gasteiger partial charge is 0.496 e. The highest BCUT2D eigenvalue weighted by Gasteiger charge is 2.23.